The lowest BCUT2D eigenvalue weighted by molar-refractivity contribution is -0.121. The second-order valence-electron chi connectivity index (χ2n) is 6.84. The van der Waals surface area contributed by atoms with Crippen LogP contribution < -0.4 is 19.1 Å². The first kappa shape index (κ1) is 22.5. The molecule has 0 aliphatic carbocycles. The zero-order valence-electron chi connectivity index (χ0n) is 16.3. The van der Waals surface area contributed by atoms with Crippen molar-refractivity contribution in [1.82, 2.24) is 5.32 Å². The number of amides is 1. The summed E-state index contributed by atoms with van der Waals surface area (Å²) in [4.78, 5) is 12.2. The number of rotatable bonds is 8. The fourth-order valence-corrected chi connectivity index (χ4v) is 4.41. The molecule has 0 bridgehead atoms. The van der Waals surface area contributed by atoms with Gasteiger partial charge in [0, 0.05) is 18.0 Å². The van der Waals surface area contributed by atoms with E-state index in [1.807, 2.05) is 24.3 Å². The number of carbonyl (C=O) groups excluding carboxylic acids is 1. The van der Waals surface area contributed by atoms with Crippen LogP contribution in [0.1, 0.15) is 12.8 Å². The van der Waals surface area contributed by atoms with Crippen molar-refractivity contribution in [3.63, 3.8) is 0 Å². The average molecular weight is 473 g/mol. The molecule has 1 aliphatic rings. The van der Waals surface area contributed by atoms with Crippen LogP contribution in [0.5, 0.6) is 11.5 Å². The van der Waals surface area contributed by atoms with Gasteiger partial charge < -0.3 is 14.8 Å². The predicted molar refractivity (Wildman–Crippen MR) is 117 cm³/mol. The van der Waals surface area contributed by atoms with E-state index >= 15 is 0 Å². The van der Waals surface area contributed by atoms with Gasteiger partial charge in [-0.2, -0.15) is 0 Å². The van der Waals surface area contributed by atoms with E-state index < -0.39 is 10.0 Å². The standard InChI is InChI=1S/C20H22Cl2N2O5S/c1-30(26,27)24(17-11-14(21)8-9-16(17)22)10-4-7-20(25)23-12-15-13-28-18-5-2-3-6-19(18)29-15/h2-3,5-6,8-9,11,15H,4,7,10,12-13H2,1H3,(H,23,25)/t15-/m1/s1. The third-order valence-corrected chi connectivity index (χ3v) is 6.17. The Labute approximate surface area is 185 Å². The number of carbonyl (C=O) groups is 1. The summed E-state index contributed by atoms with van der Waals surface area (Å²) < 4.78 is 37.0. The summed E-state index contributed by atoms with van der Waals surface area (Å²) in [6, 6.07) is 12.0. The van der Waals surface area contributed by atoms with Crippen LogP contribution in [-0.4, -0.2) is 46.4 Å². The molecule has 0 fully saturated rings. The number of benzene rings is 2. The molecule has 1 atom stereocenters. The van der Waals surface area contributed by atoms with E-state index in [-0.39, 0.29) is 30.0 Å². The minimum absolute atomic E-state index is 0.0999. The monoisotopic (exact) mass is 472 g/mol. The summed E-state index contributed by atoms with van der Waals surface area (Å²) in [6.07, 6.45) is 1.26. The Kier molecular flexibility index (Phi) is 7.33. The highest BCUT2D eigenvalue weighted by Crippen LogP contribution is 2.31. The van der Waals surface area contributed by atoms with Crippen LogP contribution in [0.25, 0.3) is 0 Å². The highest BCUT2D eigenvalue weighted by Gasteiger charge is 2.22. The molecular formula is C20H22Cl2N2O5S. The van der Waals surface area contributed by atoms with Crippen molar-refractivity contribution in [1.29, 1.82) is 0 Å². The van der Waals surface area contributed by atoms with Gasteiger partial charge in [-0.05, 0) is 36.8 Å². The molecule has 0 saturated heterocycles. The second kappa shape index (κ2) is 9.76. The molecule has 0 radical (unpaired) electrons. The molecule has 0 aromatic heterocycles. The zero-order chi connectivity index (χ0) is 21.7. The molecular weight excluding hydrogens is 451 g/mol. The summed E-state index contributed by atoms with van der Waals surface area (Å²) >= 11 is 12.1. The average Bonchev–Trinajstić information content (AvgIpc) is 2.70. The molecule has 1 amide bonds. The van der Waals surface area contributed by atoms with E-state index in [9.17, 15) is 13.2 Å². The molecule has 162 valence electrons. The first-order valence-electron chi connectivity index (χ1n) is 9.32. The lowest BCUT2D eigenvalue weighted by Crippen LogP contribution is -2.41. The Morgan fingerprint density at radius 3 is 2.67 bits per heavy atom. The SMILES string of the molecule is CS(=O)(=O)N(CCCC(=O)NC[C@@H]1COc2ccccc2O1)c1cc(Cl)ccc1Cl. The van der Waals surface area contributed by atoms with E-state index in [0.717, 1.165) is 10.6 Å². The Morgan fingerprint density at radius 1 is 1.20 bits per heavy atom. The van der Waals surface area contributed by atoms with Gasteiger partial charge in [-0.1, -0.05) is 35.3 Å². The van der Waals surface area contributed by atoms with Crippen LogP contribution >= 0.6 is 23.2 Å². The Morgan fingerprint density at radius 2 is 1.93 bits per heavy atom. The molecule has 3 rings (SSSR count). The summed E-state index contributed by atoms with van der Waals surface area (Å²) in [7, 11) is -3.59. The number of anilines is 1. The van der Waals surface area contributed by atoms with E-state index in [1.54, 1.807) is 6.07 Å². The quantitative estimate of drug-likeness (QED) is 0.635. The summed E-state index contributed by atoms with van der Waals surface area (Å²) in [5.41, 5.74) is 0.290. The van der Waals surface area contributed by atoms with E-state index in [2.05, 4.69) is 5.32 Å². The van der Waals surface area contributed by atoms with E-state index in [0.29, 0.717) is 41.8 Å². The number of ether oxygens (including phenoxy) is 2. The van der Waals surface area contributed by atoms with Crippen molar-refractivity contribution in [2.75, 3.05) is 30.3 Å². The van der Waals surface area contributed by atoms with Gasteiger partial charge in [-0.25, -0.2) is 8.42 Å². The molecule has 1 heterocycles. The maximum absolute atomic E-state index is 12.2. The summed E-state index contributed by atoms with van der Waals surface area (Å²) in [5, 5.41) is 3.44. The molecule has 30 heavy (non-hydrogen) atoms. The number of halogens is 2. The maximum Gasteiger partial charge on any atom is 0.232 e. The smallest absolute Gasteiger partial charge is 0.232 e. The minimum atomic E-state index is -3.59. The van der Waals surface area contributed by atoms with Crippen molar-refractivity contribution in [2.45, 2.75) is 18.9 Å². The number of para-hydroxylation sites is 2. The summed E-state index contributed by atoms with van der Waals surface area (Å²) in [5.74, 6) is 1.12. The van der Waals surface area contributed by atoms with Gasteiger partial charge in [0.1, 0.15) is 12.7 Å². The van der Waals surface area contributed by atoms with Crippen molar-refractivity contribution in [3.05, 3.63) is 52.5 Å². The van der Waals surface area contributed by atoms with Gasteiger partial charge in [0.2, 0.25) is 15.9 Å². The lowest BCUT2D eigenvalue weighted by atomic mass is 10.2. The van der Waals surface area contributed by atoms with Crippen LogP contribution in [0.3, 0.4) is 0 Å². The normalized spacial score (nSPS) is 15.5. The van der Waals surface area contributed by atoms with Crippen LogP contribution in [-0.2, 0) is 14.8 Å². The number of sulfonamides is 1. The summed E-state index contributed by atoms with van der Waals surface area (Å²) in [6.45, 7) is 0.734. The van der Waals surface area contributed by atoms with Crippen LogP contribution in [0.15, 0.2) is 42.5 Å². The lowest BCUT2D eigenvalue weighted by Gasteiger charge is -2.26. The number of fused-ring (bicyclic) bond motifs is 1. The first-order valence-corrected chi connectivity index (χ1v) is 11.9. The molecule has 2 aromatic carbocycles. The van der Waals surface area contributed by atoms with Gasteiger partial charge in [0.05, 0.1) is 23.5 Å². The molecule has 7 nitrogen and oxygen atoms in total. The van der Waals surface area contributed by atoms with Gasteiger partial charge >= 0.3 is 0 Å². The van der Waals surface area contributed by atoms with Crippen molar-refractivity contribution < 1.29 is 22.7 Å². The number of hydrogen-bond donors (Lipinski definition) is 1. The predicted octanol–water partition coefficient (Wildman–Crippen LogP) is 3.50. The highest BCUT2D eigenvalue weighted by atomic mass is 35.5. The second-order valence-corrected chi connectivity index (χ2v) is 9.59. The number of nitrogens with one attached hydrogen (secondary N) is 1. The highest BCUT2D eigenvalue weighted by molar-refractivity contribution is 7.92. The van der Waals surface area contributed by atoms with Crippen LogP contribution in [0.4, 0.5) is 5.69 Å². The van der Waals surface area contributed by atoms with Crippen molar-refractivity contribution in [2.24, 2.45) is 0 Å². The maximum atomic E-state index is 12.2. The molecule has 10 heteroatoms. The molecule has 1 N–H and O–H groups in total. The van der Waals surface area contributed by atoms with Crippen molar-refractivity contribution >= 4 is 44.8 Å². The van der Waals surface area contributed by atoms with E-state index in [4.69, 9.17) is 32.7 Å². The van der Waals surface area contributed by atoms with Crippen LogP contribution in [0.2, 0.25) is 10.0 Å². The van der Waals surface area contributed by atoms with Gasteiger partial charge in [0.25, 0.3) is 0 Å². The molecule has 0 spiro atoms. The van der Waals surface area contributed by atoms with Gasteiger partial charge in [-0.15, -0.1) is 0 Å². The molecule has 0 saturated carbocycles. The van der Waals surface area contributed by atoms with Crippen molar-refractivity contribution in [3.8, 4) is 11.5 Å². The fourth-order valence-electron chi connectivity index (χ4n) is 3.00. The zero-order valence-corrected chi connectivity index (χ0v) is 18.6. The van der Waals surface area contributed by atoms with E-state index in [1.165, 1.54) is 12.1 Å². The largest absolute Gasteiger partial charge is 0.486 e. The molecule has 0 unspecified atom stereocenters. The Balaban J connectivity index is 1.50. The topological polar surface area (TPSA) is 84.9 Å². The number of hydrogen-bond acceptors (Lipinski definition) is 5. The fraction of sp³-hybridized carbons (Fsp3) is 0.350. The third kappa shape index (κ3) is 5.93. The Hall–Kier alpha value is -2.16. The first-order chi connectivity index (χ1) is 14.2. The van der Waals surface area contributed by atoms with Crippen LogP contribution in [0, 0.1) is 0 Å². The van der Waals surface area contributed by atoms with Gasteiger partial charge in [-0.3, -0.25) is 9.10 Å². The van der Waals surface area contributed by atoms with Gasteiger partial charge in [0.15, 0.2) is 11.5 Å². The minimum Gasteiger partial charge on any atom is -0.486 e. The molecule has 1 aliphatic heterocycles. The number of nitrogens with zero attached hydrogens (tertiary/aromatic N) is 1. The third-order valence-electron chi connectivity index (χ3n) is 4.44. The Bertz CT molecular complexity index is 1020. The molecule has 2 aromatic rings.